The van der Waals surface area contributed by atoms with E-state index in [1.165, 1.54) is 23.1 Å². The molecule has 1 fully saturated rings. The Kier molecular flexibility index (Phi) is 4.94. The largest absolute Gasteiger partial charge is 0.512 e. The number of aromatic nitrogens is 1. The average molecular weight is 421 g/mol. The van der Waals surface area contributed by atoms with Crippen LogP contribution in [0.1, 0.15) is 18.4 Å². The molecule has 1 aromatic carbocycles. The number of carbonyl (C=O) groups is 1. The van der Waals surface area contributed by atoms with Gasteiger partial charge in [-0.25, -0.2) is 9.78 Å². The number of ether oxygens (including phenoxy) is 1. The Morgan fingerprint density at radius 3 is 2.81 bits per heavy atom. The molecule has 1 saturated heterocycles. The average Bonchev–Trinajstić information content (AvgIpc) is 3.25. The quantitative estimate of drug-likeness (QED) is 0.549. The zero-order valence-corrected chi connectivity index (χ0v) is 16.7. The molecular weight excluding hydrogens is 404 g/mol. The lowest BCUT2D eigenvalue weighted by molar-refractivity contribution is 0.0586. The van der Waals surface area contributed by atoms with Crippen molar-refractivity contribution in [2.45, 2.75) is 24.8 Å². The molecule has 0 bridgehead atoms. The highest BCUT2D eigenvalue weighted by molar-refractivity contribution is 8.09. The molecule has 0 aliphatic carbocycles. The maximum Gasteiger partial charge on any atom is 0.512 e. The van der Waals surface area contributed by atoms with Crippen LogP contribution in [0.5, 0.6) is 0 Å². The van der Waals surface area contributed by atoms with Crippen molar-refractivity contribution >= 4 is 51.4 Å². The number of benzene rings is 1. The van der Waals surface area contributed by atoms with Crippen LogP contribution in [0.4, 0.5) is 4.79 Å². The van der Waals surface area contributed by atoms with Gasteiger partial charge in [0.2, 0.25) is 5.88 Å². The summed E-state index contributed by atoms with van der Waals surface area (Å²) in [6.45, 7) is 1.89. The van der Waals surface area contributed by atoms with E-state index in [4.69, 9.17) is 22.1 Å². The third-order valence-electron chi connectivity index (χ3n) is 4.52. The molecule has 140 valence electrons. The van der Waals surface area contributed by atoms with Gasteiger partial charge >= 0.3 is 6.16 Å². The molecule has 3 heterocycles. The van der Waals surface area contributed by atoms with Gasteiger partial charge in [-0.05, 0) is 6.42 Å². The van der Waals surface area contributed by atoms with Gasteiger partial charge in [0.15, 0.2) is 0 Å². The summed E-state index contributed by atoms with van der Waals surface area (Å²) in [4.78, 5) is 18.7. The Morgan fingerprint density at radius 2 is 2.15 bits per heavy atom. The van der Waals surface area contributed by atoms with Crippen LogP contribution in [-0.2, 0) is 4.74 Å². The highest BCUT2D eigenvalue weighted by Crippen LogP contribution is 2.55. The number of thiazole rings is 1. The van der Waals surface area contributed by atoms with E-state index in [0.29, 0.717) is 21.3 Å². The van der Waals surface area contributed by atoms with E-state index in [1.807, 2.05) is 42.6 Å². The molecule has 0 unspecified atom stereocenters. The first-order valence-electron chi connectivity index (χ1n) is 8.35. The van der Waals surface area contributed by atoms with Crippen LogP contribution in [0.2, 0.25) is 0 Å². The summed E-state index contributed by atoms with van der Waals surface area (Å²) in [7, 11) is 0. The lowest BCUT2D eigenvalue weighted by Gasteiger charge is -2.46. The fourth-order valence-electron chi connectivity index (χ4n) is 3.16. The third-order valence-corrected chi connectivity index (χ3v) is 7.33. The molecule has 0 saturated carbocycles. The van der Waals surface area contributed by atoms with Gasteiger partial charge in [0.1, 0.15) is 9.91 Å². The minimum Gasteiger partial charge on any atom is -0.449 e. The van der Waals surface area contributed by atoms with Gasteiger partial charge in [-0.1, -0.05) is 61.2 Å². The summed E-state index contributed by atoms with van der Waals surface area (Å²) < 4.78 is 5.06. The van der Waals surface area contributed by atoms with Crippen molar-refractivity contribution in [2.24, 2.45) is 5.92 Å². The van der Waals surface area contributed by atoms with Crippen molar-refractivity contribution in [1.29, 1.82) is 0 Å². The summed E-state index contributed by atoms with van der Waals surface area (Å²) >= 11 is 8.30. The van der Waals surface area contributed by atoms with Crippen LogP contribution in [0, 0.1) is 5.92 Å². The van der Waals surface area contributed by atoms with E-state index < -0.39 is 12.3 Å². The fourth-order valence-corrected chi connectivity index (χ4v) is 6.24. The van der Waals surface area contributed by atoms with E-state index in [9.17, 15) is 9.90 Å². The van der Waals surface area contributed by atoms with Crippen molar-refractivity contribution in [3.8, 4) is 11.3 Å². The Balaban J connectivity index is 1.69. The molecule has 3 atom stereocenters. The maximum atomic E-state index is 11.2. The monoisotopic (exact) mass is 420 g/mol. The smallest absolute Gasteiger partial charge is 0.449 e. The van der Waals surface area contributed by atoms with Gasteiger partial charge in [-0.15, -0.1) is 11.3 Å². The van der Waals surface area contributed by atoms with Crippen molar-refractivity contribution in [2.75, 3.05) is 0 Å². The first-order chi connectivity index (χ1) is 13.0. The number of carboxylic acid groups (broad SMARTS) is 1. The van der Waals surface area contributed by atoms with Crippen LogP contribution >= 0.6 is 35.3 Å². The van der Waals surface area contributed by atoms with Gasteiger partial charge in [0.25, 0.3) is 0 Å². The summed E-state index contributed by atoms with van der Waals surface area (Å²) in [6, 6.07) is 9.77. The number of thiocarbonyl (C=S) groups is 1. The molecule has 1 aromatic heterocycles. The fraction of sp³-hybridized carbons (Fsp3) is 0.278. The maximum absolute atomic E-state index is 11.2. The van der Waals surface area contributed by atoms with E-state index in [-0.39, 0.29) is 17.2 Å². The number of thioether (sulfide) groups is 1. The van der Waals surface area contributed by atoms with Gasteiger partial charge in [-0.2, -0.15) is 0 Å². The molecule has 2 aromatic rings. The summed E-state index contributed by atoms with van der Waals surface area (Å²) in [5.74, 6) is -0.00975. The number of fused-ring (bicyclic) bond motifs is 1. The number of hydrogen-bond acceptors (Lipinski definition) is 7. The van der Waals surface area contributed by atoms with Gasteiger partial charge in [-0.3, -0.25) is 4.90 Å². The van der Waals surface area contributed by atoms with Crippen molar-refractivity contribution in [3.05, 3.63) is 46.6 Å². The topological polar surface area (TPSA) is 82.9 Å². The summed E-state index contributed by atoms with van der Waals surface area (Å²) in [5, 5.41) is 21.9. The third kappa shape index (κ3) is 3.14. The highest BCUT2D eigenvalue weighted by Gasteiger charge is 2.55. The van der Waals surface area contributed by atoms with Crippen LogP contribution in [-0.4, -0.2) is 42.7 Å². The molecule has 0 radical (unpaired) electrons. The standard InChI is InChI=1S/C18H16N2O4S3/c1-2-11(21)12-16(25)20-15(24-18(22)23)13(27-17(12)20)14-19-10(8-26-14)9-6-4-3-5-7-9/h3-8,11-12,17,21H,2H2,1H3,(H,22,23)/t11-,12-,17+/m0/s1. The number of aliphatic hydroxyl groups is 1. The highest BCUT2D eigenvalue weighted by atomic mass is 32.2. The van der Waals surface area contributed by atoms with E-state index in [0.717, 1.165) is 11.3 Å². The zero-order chi connectivity index (χ0) is 19.1. The van der Waals surface area contributed by atoms with Gasteiger partial charge in [0, 0.05) is 10.9 Å². The molecular formula is C18H16N2O4S3. The minimum atomic E-state index is -1.40. The number of rotatable bonds is 5. The number of nitrogens with zero attached hydrogens (tertiary/aromatic N) is 2. The molecule has 9 heteroatoms. The molecule has 2 aliphatic rings. The summed E-state index contributed by atoms with van der Waals surface area (Å²) in [5.41, 5.74) is 1.81. The molecule has 2 N–H and O–H groups in total. The van der Waals surface area contributed by atoms with Crippen LogP contribution < -0.4 is 0 Å². The molecule has 4 rings (SSSR count). The normalized spacial score (nSPS) is 22.4. The van der Waals surface area contributed by atoms with Crippen molar-refractivity contribution in [3.63, 3.8) is 0 Å². The van der Waals surface area contributed by atoms with Gasteiger partial charge < -0.3 is 14.9 Å². The lowest BCUT2D eigenvalue weighted by atomic mass is 9.91. The predicted octanol–water partition coefficient (Wildman–Crippen LogP) is 4.23. The lowest BCUT2D eigenvalue weighted by Crippen LogP contribution is -2.59. The van der Waals surface area contributed by atoms with E-state index in [1.54, 1.807) is 4.90 Å². The van der Waals surface area contributed by atoms with Crippen LogP contribution in [0.15, 0.2) is 41.6 Å². The SMILES string of the molecule is CC[C@H](O)[C@H]1C(=S)N2C(OC(=O)O)=C(c3nc(-c4ccccc4)cs3)S[C@H]12. The molecule has 27 heavy (non-hydrogen) atoms. The van der Waals surface area contributed by atoms with Crippen molar-refractivity contribution in [1.82, 2.24) is 9.88 Å². The Bertz CT molecular complexity index is 928. The van der Waals surface area contributed by atoms with Crippen molar-refractivity contribution < 1.29 is 19.7 Å². The molecule has 6 nitrogen and oxygen atoms in total. The molecule has 2 aliphatic heterocycles. The van der Waals surface area contributed by atoms with E-state index >= 15 is 0 Å². The second kappa shape index (κ2) is 7.23. The first kappa shape index (κ1) is 18.4. The Hall–Kier alpha value is -1.94. The Labute approximate surface area is 169 Å². The van der Waals surface area contributed by atoms with Crippen LogP contribution in [0.3, 0.4) is 0 Å². The Morgan fingerprint density at radius 1 is 1.41 bits per heavy atom. The van der Waals surface area contributed by atoms with E-state index in [2.05, 4.69) is 4.98 Å². The number of hydrogen-bond donors (Lipinski definition) is 2. The number of aliphatic hydroxyl groups excluding tert-OH is 1. The zero-order valence-electron chi connectivity index (χ0n) is 14.2. The molecule has 0 amide bonds. The molecule has 0 spiro atoms. The van der Waals surface area contributed by atoms with Crippen LogP contribution in [0.25, 0.3) is 16.2 Å². The predicted molar refractivity (Wildman–Crippen MR) is 109 cm³/mol. The minimum absolute atomic E-state index is 0.166. The second-order valence-corrected chi connectivity index (χ2v) is 8.53. The van der Waals surface area contributed by atoms with Gasteiger partial charge in [0.05, 0.1) is 28.1 Å². The second-order valence-electron chi connectivity index (χ2n) is 6.12. The summed E-state index contributed by atoms with van der Waals surface area (Å²) in [6.07, 6.45) is -1.38. The first-order valence-corrected chi connectivity index (χ1v) is 10.5.